The van der Waals surface area contributed by atoms with Crippen LogP contribution in [0, 0.1) is 0 Å². The number of aromatic amines is 1. The van der Waals surface area contributed by atoms with Gasteiger partial charge in [0.25, 0.3) is 5.56 Å². The molecule has 0 unspecified atom stereocenters. The van der Waals surface area contributed by atoms with Crippen molar-refractivity contribution in [2.45, 2.75) is 13.3 Å². The van der Waals surface area contributed by atoms with Gasteiger partial charge in [-0.15, -0.1) is 0 Å². The Balaban J connectivity index is 2.67. The molecule has 10 heteroatoms. The number of ether oxygens (including phenoxy) is 1. The summed E-state index contributed by atoms with van der Waals surface area (Å²) < 4.78 is 5.95. The first-order valence-electron chi connectivity index (χ1n) is 7.24. The first kappa shape index (κ1) is 17.8. The first-order chi connectivity index (χ1) is 11.9. The third-order valence-electron chi connectivity index (χ3n) is 3.34. The highest BCUT2D eigenvalue weighted by Gasteiger charge is 2.19. The fourth-order valence-electron chi connectivity index (χ4n) is 2.19. The number of methoxy groups -OCH3 is 1. The predicted molar refractivity (Wildman–Crippen MR) is 90.4 cm³/mol. The van der Waals surface area contributed by atoms with E-state index in [2.05, 4.69) is 10.1 Å². The average Bonchev–Trinajstić information content (AvgIpc) is 2.57. The number of nitrogens with two attached hydrogens (primary N) is 1. The molecule has 0 atom stereocenters. The summed E-state index contributed by atoms with van der Waals surface area (Å²) in [6.07, 6.45) is 0.192. The van der Waals surface area contributed by atoms with Crippen molar-refractivity contribution in [1.82, 2.24) is 15.0 Å². The van der Waals surface area contributed by atoms with Crippen LogP contribution in [0.1, 0.15) is 18.9 Å². The number of primary amides is 1. The van der Waals surface area contributed by atoms with Crippen LogP contribution in [0.25, 0.3) is 5.69 Å². The molecule has 0 bridgehead atoms. The summed E-state index contributed by atoms with van der Waals surface area (Å²) >= 11 is 0. The van der Waals surface area contributed by atoms with Gasteiger partial charge in [-0.2, -0.15) is 5.10 Å². The van der Waals surface area contributed by atoms with Gasteiger partial charge in [0, 0.05) is 0 Å². The SMILES string of the molecule is CC/C(=N\NC(N)=O)c1c(O)n(-c2ccc(OC)cc2)c(=O)[nH]c1=O. The molecule has 0 fully saturated rings. The minimum absolute atomic E-state index is 0.0554. The Morgan fingerprint density at radius 1 is 1.36 bits per heavy atom. The summed E-state index contributed by atoms with van der Waals surface area (Å²) in [7, 11) is 1.49. The second kappa shape index (κ2) is 7.34. The molecule has 2 amide bonds. The van der Waals surface area contributed by atoms with Crippen LogP contribution < -0.4 is 27.1 Å². The molecule has 1 aromatic heterocycles. The molecule has 0 aliphatic heterocycles. The van der Waals surface area contributed by atoms with Crippen LogP contribution in [0.4, 0.5) is 4.79 Å². The number of hydrazone groups is 1. The summed E-state index contributed by atoms with van der Waals surface area (Å²) in [5.74, 6) is -0.0480. The van der Waals surface area contributed by atoms with E-state index in [0.717, 1.165) is 4.57 Å². The molecule has 1 aromatic carbocycles. The molecule has 25 heavy (non-hydrogen) atoms. The standard InChI is InChI=1S/C15H17N5O5/c1-3-10(18-19-14(16)23)11-12(21)17-15(24)20(13(11)22)8-4-6-9(25-2)7-5-8/h4-7,22H,3H2,1-2H3,(H3,16,19,23)(H,17,21,24)/b18-10+. The number of aromatic nitrogens is 2. The van der Waals surface area contributed by atoms with Crippen molar-refractivity contribution in [3.8, 4) is 17.3 Å². The van der Waals surface area contributed by atoms with Gasteiger partial charge >= 0.3 is 11.7 Å². The molecule has 5 N–H and O–H groups in total. The molecule has 10 nitrogen and oxygen atoms in total. The van der Waals surface area contributed by atoms with Crippen LogP contribution >= 0.6 is 0 Å². The fraction of sp³-hybridized carbons (Fsp3) is 0.200. The molecule has 1 heterocycles. The largest absolute Gasteiger partial charge is 0.497 e. The van der Waals surface area contributed by atoms with Crippen LogP contribution in [0.3, 0.4) is 0 Å². The second-order valence-corrected chi connectivity index (χ2v) is 4.88. The molecule has 0 saturated heterocycles. The van der Waals surface area contributed by atoms with Crippen molar-refractivity contribution >= 4 is 11.7 Å². The van der Waals surface area contributed by atoms with E-state index in [-0.39, 0.29) is 17.7 Å². The number of nitrogens with one attached hydrogen (secondary N) is 2. The highest BCUT2D eigenvalue weighted by Crippen LogP contribution is 2.20. The Kier molecular flexibility index (Phi) is 5.22. The van der Waals surface area contributed by atoms with Gasteiger partial charge in [-0.1, -0.05) is 6.92 Å². The number of benzene rings is 1. The summed E-state index contributed by atoms with van der Waals surface area (Å²) in [6.45, 7) is 1.66. The van der Waals surface area contributed by atoms with Gasteiger partial charge in [0.05, 0.1) is 18.5 Å². The number of carbonyl (C=O) groups excluding carboxylic acids is 1. The monoisotopic (exact) mass is 347 g/mol. The molecular weight excluding hydrogens is 330 g/mol. The number of hydrogen-bond donors (Lipinski definition) is 4. The van der Waals surface area contributed by atoms with E-state index in [1.807, 2.05) is 5.43 Å². The highest BCUT2D eigenvalue weighted by molar-refractivity contribution is 6.02. The lowest BCUT2D eigenvalue weighted by molar-refractivity contribution is 0.249. The number of amides is 2. The lowest BCUT2D eigenvalue weighted by Gasteiger charge is -2.12. The van der Waals surface area contributed by atoms with Crippen molar-refractivity contribution in [2.75, 3.05) is 7.11 Å². The zero-order valence-electron chi connectivity index (χ0n) is 13.6. The normalized spacial score (nSPS) is 11.2. The maximum Gasteiger partial charge on any atom is 0.335 e. The van der Waals surface area contributed by atoms with Gasteiger partial charge in [-0.3, -0.25) is 9.78 Å². The lowest BCUT2D eigenvalue weighted by Crippen LogP contribution is -2.34. The third-order valence-corrected chi connectivity index (χ3v) is 3.34. The lowest BCUT2D eigenvalue weighted by atomic mass is 10.1. The predicted octanol–water partition coefficient (Wildman–Crippen LogP) is 0.0224. The molecule has 132 valence electrons. The topological polar surface area (TPSA) is 152 Å². The van der Waals surface area contributed by atoms with Gasteiger partial charge in [-0.05, 0) is 30.7 Å². The van der Waals surface area contributed by atoms with Crippen molar-refractivity contribution in [1.29, 1.82) is 0 Å². The Morgan fingerprint density at radius 2 is 2.00 bits per heavy atom. The van der Waals surface area contributed by atoms with Crippen LogP contribution in [0.2, 0.25) is 0 Å². The van der Waals surface area contributed by atoms with Crippen LogP contribution in [0.15, 0.2) is 39.0 Å². The highest BCUT2D eigenvalue weighted by atomic mass is 16.5. The molecule has 0 spiro atoms. The minimum atomic E-state index is -0.926. The van der Waals surface area contributed by atoms with Gasteiger partial charge in [0.2, 0.25) is 5.88 Å². The maximum absolute atomic E-state index is 12.1. The quantitative estimate of drug-likeness (QED) is 0.444. The molecule has 0 aliphatic carbocycles. The Morgan fingerprint density at radius 3 is 2.52 bits per heavy atom. The molecule has 0 radical (unpaired) electrons. The van der Waals surface area contributed by atoms with E-state index in [1.165, 1.54) is 19.2 Å². The van der Waals surface area contributed by atoms with Gasteiger partial charge < -0.3 is 15.6 Å². The number of aromatic hydroxyl groups is 1. The number of rotatable bonds is 5. The summed E-state index contributed by atoms with van der Waals surface area (Å²) in [5.41, 5.74) is 5.40. The summed E-state index contributed by atoms with van der Waals surface area (Å²) in [4.78, 5) is 37.2. The van der Waals surface area contributed by atoms with Crippen LogP contribution in [-0.4, -0.2) is 33.5 Å². The number of hydrogen-bond acceptors (Lipinski definition) is 6. The maximum atomic E-state index is 12.1. The third kappa shape index (κ3) is 3.68. The van der Waals surface area contributed by atoms with E-state index >= 15 is 0 Å². The van der Waals surface area contributed by atoms with Crippen LogP contribution in [-0.2, 0) is 0 Å². The molecule has 2 aromatic rings. The van der Waals surface area contributed by atoms with E-state index in [1.54, 1.807) is 19.1 Å². The van der Waals surface area contributed by atoms with E-state index in [0.29, 0.717) is 11.4 Å². The summed E-state index contributed by atoms with van der Waals surface area (Å²) in [6, 6.07) is 5.33. The first-order valence-corrected chi connectivity index (χ1v) is 7.24. The Labute approximate surface area is 141 Å². The van der Waals surface area contributed by atoms with Crippen molar-refractivity contribution in [3.63, 3.8) is 0 Å². The van der Waals surface area contributed by atoms with Crippen molar-refractivity contribution in [3.05, 3.63) is 50.7 Å². The van der Waals surface area contributed by atoms with Crippen LogP contribution in [0.5, 0.6) is 11.6 Å². The van der Waals surface area contributed by atoms with E-state index in [4.69, 9.17) is 10.5 Å². The second-order valence-electron chi connectivity index (χ2n) is 4.88. The van der Waals surface area contributed by atoms with E-state index < -0.39 is 23.2 Å². The Bertz CT molecular complexity index is 927. The van der Waals surface area contributed by atoms with Gasteiger partial charge in [0.15, 0.2) is 0 Å². The van der Waals surface area contributed by atoms with Crippen molar-refractivity contribution < 1.29 is 14.6 Å². The number of carbonyl (C=O) groups is 1. The smallest absolute Gasteiger partial charge is 0.335 e. The number of H-pyrrole nitrogens is 1. The minimum Gasteiger partial charge on any atom is -0.497 e. The van der Waals surface area contributed by atoms with Crippen molar-refractivity contribution in [2.24, 2.45) is 10.8 Å². The zero-order valence-corrected chi connectivity index (χ0v) is 13.6. The summed E-state index contributed by atoms with van der Waals surface area (Å²) in [5, 5.41) is 14.2. The molecule has 0 aliphatic rings. The average molecular weight is 347 g/mol. The van der Waals surface area contributed by atoms with Gasteiger partial charge in [0.1, 0.15) is 11.3 Å². The zero-order chi connectivity index (χ0) is 18.6. The molecule has 0 saturated carbocycles. The number of urea groups is 1. The number of nitrogens with zero attached hydrogens (tertiary/aromatic N) is 2. The van der Waals surface area contributed by atoms with E-state index in [9.17, 15) is 19.5 Å². The fourth-order valence-corrected chi connectivity index (χ4v) is 2.19. The van der Waals surface area contributed by atoms with Gasteiger partial charge in [-0.25, -0.2) is 19.6 Å². The molecule has 2 rings (SSSR count). The molecular formula is C15H17N5O5. The Hall–Kier alpha value is -3.56.